The third-order valence-electron chi connectivity index (χ3n) is 2.67. The normalized spacial score (nSPS) is 18.9. The van der Waals surface area contributed by atoms with Crippen LogP contribution in [0, 0.1) is 6.92 Å². The quantitative estimate of drug-likeness (QED) is 0.648. The second-order valence-corrected chi connectivity index (χ2v) is 4.08. The molecule has 0 aromatic carbocycles. The highest BCUT2D eigenvalue weighted by Crippen LogP contribution is 2.10. The molecule has 1 unspecified atom stereocenters. The molecule has 0 aliphatic carbocycles. The number of nitrogen functional groups attached to an aromatic ring is 1. The SMILES string of the molecule is Cc1ncc(N)cc1C(=O)NC1CNC(=O)C1. The van der Waals surface area contributed by atoms with E-state index in [0.717, 1.165) is 0 Å². The van der Waals surface area contributed by atoms with Crippen molar-refractivity contribution in [3.05, 3.63) is 23.5 Å². The van der Waals surface area contributed by atoms with E-state index >= 15 is 0 Å². The fourth-order valence-corrected chi connectivity index (χ4v) is 1.75. The van der Waals surface area contributed by atoms with Crippen LogP contribution in [0.3, 0.4) is 0 Å². The lowest BCUT2D eigenvalue weighted by atomic mass is 10.1. The van der Waals surface area contributed by atoms with Crippen molar-refractivity contribution in [1.82, 2.24) is 15.6 Å². The number of aromatic nitrogens is 1. The van der Waals surface area contributed by atoms with Gasteiger partial charge in [0, 0.05) is 13.0 Å². The minimum absolute atomic E-state index is 0.0438. The van der Waals surface area contributed by atoms with Crippen LogP contribution in [0.2, 0.25) is 0 Å². The Morgan fingerprint density at radius 3 is 3.06 bits per heavy atom. The molecule has 0 radical (unpaired) electrons. The van der Waals surface area contributed by atoms with Gasteiger partial charge in [-0.25, -0.2) is 0 Å². The lowest BCUT2D eigenvalue weighted by Gasteiger charge is -2.11. The number of rotatable bonds is 2. The van der Waals surface area contributed by atoms with Gasteiger partial charge in [-0.05, 0) is 13.0 Å². The van der Waals surface area contributed by atoms with Gasteiger partial charge in [0.15, 0.2) is 0 Å². The van der Waals surface area contributed by atoms with E-state index in [1.807, 2.05) is 0 Å². The van der Waals surface area contributed by atoms with E-state index in [9.17, 15) is 9.59 Å². The second-order valence-electron chi connectivity index (χ2n) is 4.08. The Hall–Kier alpha value is -2.11. The lowest BCUT2D eigenvalue weighted by Crippen LogP contribution is -2.36. The van der Waals surface area contributed by atoms with Gasteiger partial charge in [-0.1, -0.05) is 0 Å². The first-order chi connectivity index (χ1) is 8.06. The van der Waals surface area contributed by atoms with Crippen molar-refractivity contribution in [3.63, 3.8) is 0 Å². The molecule has 1 aliphatic heterocycles. The van der Waals surface area contributed by atoms with Gasteiger partial charge in [-0.3, -0.25) is 14.6 Å². The van der Waals surface area contributed by atoms with Crippen LogP contribution in [-0.4, -0.2) is 29.4 Å². The fourth-order valence-electron chi connectivity index (χ4n) is 1.75. The summed E-state index contributed by atoms with van der Waals surface area (Å²) in [6.45, 7) is 2.21. The van der Waals surface area contributed by atoms with E-state index in [1.54, 1.807) is 13.0 Å². The van der Waals surface area contributed by atoms with Crippen molar-refractivity contribution in [2.45, 2.75) is 19.4 Å². The average Bonchev–Trinajstić information content (AvgIpc) is 2.67. The highest BCUT2D eigenvalue weighted by atomic mass is 16.2. The minimum atomic E-state index is -0.246. The summed E-state index contributed by atoms with van der Waals surface area (Å²) in [6, 6.07) is 1.43. The largest absolute Gasteiger partial charge is 0.397 e. The topological polar surface area (TPSA) is 97.1 Å². The van der Waals surface area contributed by atoms with Gasteiger partial charge in [-0.2, -0.15) is 0 Å². The maximum absolute atomic E-state index is 11.9. The molecular formula is C11H14N4O2. The van der Waals surface area contributed by atoms with Gasteiger partial charge in [0.1, 0.15) is 0 Å². The summed E-state index contributed by atoms with van der Waals surface area (Å²) >= 11 is 0. The number of carbonyl (C=O) groups is 2. The van der Waals surface area contributed by atoms with Crippen LogP contribution in [0.4, 0.5) is 5.69 Å². The number of nitrogens with zero attached hydrogens (tertiary/aromatic N) is 1. The van der Waals surface area contributed by atoms with Gasteiger partial charge in [0.25, 0.3) is 5.91 Å². The Bertz CT molecular complexity index is 473. The summed E-state index contributed by atoms with van der Waals surface area (Å²) in [5, 5.41) is 5.43. The molecule has 2 amide bonds. The number of hydrogen-bond donors (Lipinski definition) is 3. The van der Waals surface area contributed by atoms with E-state index in [0.29, 0.717) is 29.9 Å². The highest BCUT2D eigenvalue weighted by Gasteiger charge is 2.24. The van der Waals surface area contributed by atoms with Gasteiger partial charge in [-0.15, -0.1) is 0 Å². The summed E-state index contributed by atoms with van der Waals surface area (Å²) in [7, 11) is 0. The van der Waals surface area contributed by atoms with Crippen LogP contribution in [0.15, 0.2) is 12.3 Å². The van der Waals surface area contributed by atoms with Crippen molar-refractivity contribution in [2.75, 3.05) is 12.3 Å². The predicted octanol–water partition coefficient (Wildman–Crippen LogP) is -0.409. The first kappa shape index (κ1) is 11.4. The Balaban J connectivity index is 2.09. The molecule has 6 heteroatoms. The van der Waals surface area contributed by atoms with E-state index < -0.39 is 0 Å². The van der Waals surface area contributed by atoms with Crippen molar-refractivity contribution in [3.8, 4) is 0 Å². The maximum Gasteiger partial charge on any atom is 0.253 e. The molecule has 1 saturated heterocycles. The number of hydrogen-bond acceptors (Lipinski definition) is 4. The molecule has 1 aromatic rings. The Morgan fingerprint density at radius 2 is 2.41 bits per heavy atom. The van der Waals surface area contributed by atoms with Crippen molar-refractivity contribution in [1.29, 1.82) is 0 Å². The van der Waals surface area contributed by atoms with Gasteiger partial charge >= 0.3 is 0 Å². The lowest BCUT2D eigenvalue weighted by molar-refractivity contribution is -0.119. The molecular weight excluding hydrogens is 220 g/mol. The zero-order chi connectivity index (χ0) is 12.4. The van der Waals surface area contributed by atoms with Crippen LogP contribution in [0.1, 0.15) is 22.5 Å². The zero-order valence-corrected chi connectivity index (χ0v) is 9.49. The molecule has 17 heavy (non-hydrogen) atoms. The molecule has 4 N–H and O–H groups in total. The molecule has 2 rings (SSSR count). The van der Waals surface area contributed by atoms with Crippen LogP contribution < -0.4 is 16.4 Å². The molecule has 2 heterocycles. The molecule has 1 atom stereocenters. The predicted molar refractivity (Wildman–Crippen MR) is 62.3 cm³/mol. The van der Waals surface area contributed by atoms with Crippen molar-refractivity contribution >= 4 is 17.5 Å². The standard InChI is InChI=1S/C11H14N4O2/c1-6-9(2-7(12)4-13-6)11(17)15-8-3-10(16)14-5-8/h2,4,8H,3,5,12H2,1H3,(H,14,16)(H,15,17). The van der Waals surface area contributed by atoms with E-state index in [2.05, 4.69) is 15.6 Å². The highest BCUT2D eigenvalue weighted by molar-refractivity contribution is 5.96. The molecule has 0 bridgehead atoms. The Morgan fingerprint density at radius 1 is 1.65 bits per heavy atom. The number of amides is 2. The molecule has 1 aliphatic rings. The molecule has 1 aromatic heterocycles. The third kappa shape index (κ3) is 2.52. The number of anilines is 1. The summed E-state index contributed by atoms with van der Waals surface area (Å²) in [6.07, 6.45) is 1.83. The van der Waals surface area contributed by atoms with Gasteiger partial charge in [0.2, 0.25) is 5.91 Å². The number of nitrogens with one attached hydrogen (secondary N) is 2. The van der Waals surface area contributed by atoms with E-state index in [1.165, 1.54) is 6.20 Å². The Labute approximate surface area is 98.6 Å². The fraction of sp³-hybridized carbons (Fsp3) is 0.364. The van der Waals surface area contributed by atoms with Gasteiger partial charge in [0.05, 0.1) is 29.2 Å². The van der Waals surface area contributed by atoms with Crippen LogP contribution in [0.25, 0.3) is 0 Å². The smallest absolute Gasteiger partial charge is 0.253 e. The number of aryl methyl sites for hydroxylation is 1. The average molecular weight is 234 g/mol. The summed E-state index contributed by atoms with van der Waals surface area (Å²) in [5.74, 6) is -0.290. The summed E-state index contributed by atoms with van der Waals surface area (Å²) in [4.78, 5) is 27.0. The molecule has 90 valence electrons. The second kappa shape index (κ2) is 4.40. The Kier molecular flexibility index (Phi) is 2.95. The molecule has 6 nitrogen and oxygen atoms in total. The third-order valence-corrected chi connectivity index (χ3v) is 2.67. The summed E-state index contributed by atoms with van der Waals surface area (Å²) < 4.78 is 0. The zero-order valence-electron chi connectivity index (χ0n) is 9.49. The number of carbonyl (C=O) groups excluding carboxylic acids is 2. The van der Waals surface area contributed by atoms with Gasteiger partial charge < -0.3 is 16.4 Å². The van der Waals surface area contributed by atoms with Crippen molar-refractivity contribution < 1.29 is 9.59 Å². The van der Waals surface area contributed by atoms with Crippen LogP contribution >= 0.6 is 0 Å². The maximum atomic E-state index is 11.9. The number of pyridine rings is 1. The first-order valence-corrected chi connectivity index (χ1v) is 5.36. The van der Waals surface area contributed by atoms with Crippen LogP contribution in [0.5, 0.6) is 0 Å². The molecule has 1 fully saturated rings. The first-order valence-electron chi connectivity index (χ1n) is 5.36. The van der Waals surface area contributed by atoms with E-state index in [4.69, 9.17) is 5.73 Å². The molecule has 0 saturated carbocycles. The van der Waals surface area contributed by atoms with Crippen LogP contribution in [-0.2, 0) is 4.79 Å². The summed E-state index contributed by atoms with van der Waals surface area (Å²) in [5.41, 5.74) is 7.10. The minimum Gasteiger partial charge on any atom is -0.397 e. The molecule has 0 spiro atoms. The van der Waals surface area contributed by atoms with E-state index in [-0.39, 0.29) is 17.9 Å². The number of nitrogens with two attached hydrogens (primary N) is 1. The van der Waals surface area contributed by atoms with Crippen molar-refractivity contribution in [2.24, 2.45) is 0 Å². The monoisotopic (exact) mass is 234 g/mol.